The van der Waals surface area contributed by atoms with Crippen LogP contribution in [0.3, 0.4) is 0 Å². The standard InChI is InChI=1S/C16H14N6OS2/c1-9-3-4-10(2)12(7-9)22-16(19-20-21-22)25-8-13-17-11-5-6-24-14(11)15(23)18-13/h3-7H,8H2,1-2H3,(H,17,18,23). The molecule has 1 N–H and O–H groups in total. The number of H-pyrrole nitrogens is 1. The summed E-state index contributed by atoms with van der Waals surface area (Å²) in [5.74, 6) is 1.09. The van der Waals surface area contributed by atoms with Crippen molar-refractivity contribution in [2.24, 2.45) is 0 Å². The number of thiophene rings is 1. The number of rotatable bonds is 4. The summed E-state index contributed by atoms with van der Waals surface area (Å²) in [6.07, 6.45) is 0. The molecule has 1 aromatic carbocycles. The van der Waals surface area contributed by atoms with Crippen molar-refractivity contribution in [2.75, 3.05) is 0 Å². The molecule has 9 heteroatoms. The molecule has 4 rings (SSSR count). The first-order chi connectivity index (χ1) is 12.1. The zero-order valence-corrected chi connectivity index (χ0v) is 15.2. The van der Waals surface area contributed by atoms with E-state index < -0.39 is 0 Å². The Kier molecular flexibility index (Phi) is 4.10. The molecule has 0 bridgehead atoms. The van der Waals surface area contributed by atoms with Crippen molar-refractivity contribution in [2.45, 2.75) is 24.8 Å². The number of aromatic amines is 1. The molecule has 0 aliphatic heterocycles. The van der Waals surface area contributed by atoms with Gasteiger partial charge in [0.15, 0.2) is 0 Å². The van der Waals surface area contributed by atoms with Gasteiger partial charge in [0.1, 0.15) is 10.5 Å². The molecule has 3 aromatic heterocycles. The number of aromatic nitrogens is 6. The molecule has 25 heavy (non-hydrogen) atoms. The Morgan fingerprint density at radius 2 is 2.16 bits per heavy atom. The highest BCUT2D eigenvalue weighted by Gasteiger charge is 2.13. The van der Waals surface area contributed by atoms with Crippen molar-refractivity contribution in [1.82, 2.24) is 30.2 Å². The third-order valence-electron chi connectivity index (χ3n) is 3.74. The number of benzene rings is 1. The lowest BCUT2D eigenvalue weighted by Gasteiger charge is -2.08. The Morgan fingerprint density at radius 1 is 1.28 bits per heavy atom. The molecule has 0 atom stereocenters. The normalized spacial score (nSPS) is 11.3. The maximum Gasteiger partial charge on any atom is 0.268 e. The van der Waals surface area contributed by atoms with E-state index in [0.717, 1.165) is 22.3 Å². The number of nitrogens with one attached hydrogen (secondary N) is 1. The summed E-state index contributed by atoms with van der Waals surface area (Å²) in [5.41, 5.74) is 3.79. The van der Waals surface area contributed by atoms with Crippen molar-refractivity contribution >= 4 is 33.3 Å². The van der Waals surface area contributed by atoms with Crippen LogP contribution in [-0.4, -0.2) is 30.2 Å². The first-order valence-electron chi connectivity index (χ1n) is 7.57. The van der Waals surface area contributed by atoms with Gasteiger partial charge in [0.05, 0.1) is 17.0 Å². The van der Waals surface area contributed by atoms with Crippen LogP contribution >= 0.6 is 23.1 Å². The number of fused-ring (bicyclic) bond motifs is 1. The summed E-state index contributed by atoms with van der Waals surface area (Å²) < 4.78 is 2.36. The smallest absolute Gasteiger partial charge is 0.268 e. The molecule has 0 aliphatic carbocycles. The average Bonchev–Trinajstić information content (AvgIpc) is 3.24. The SMILES string of the molecule is Cc1ccc(C)c(-n2nnnc2SCc2nc3ccsc3c(=O)[nH]2)c1. The van der Waals surface area contributed by atoms with Crippen LogP contribution in [0.4, 0.5) is 0 Å². The second-order valence-electron chi connectivity index (χ2n) is 5.60. The van der Waals surface area contributed by atoms with Crippen LogP contribution in [0.15, 0.2) is 39.6 Å². The van der Waals surface area contributed by atoms with Crippen LogP contribution in [0.5, 0.6) is 0 Å². The molecule has 0 aliphatic rings. The number of tetrazole rings is 1. The molecule has 0 spiro atoms. The number of hydrogen-bond acceptors (Lipinski definition) is 7. The summed E-state index contributed by atoms with van der Waals surface area (Å²) >= 11 is 2.83. The Morgan fingerprint density at radius 3 is 3.04 bits per heavy atom. The minimum absolute atomic E-state index is 0.107. The number of hydrogen-bond donors (Lipinski definition) is 1. The molecule has 0 saturated heterocycles. The topological polar surface area (TPSA) is 89.3 Å². The molecule has 0 unspecified atom stereocenters. The van der Waals surface area contributed by atoms with E-state index in [-0.39, 0.29) is 5.56 Å². The van der Waals surface area contributed by atoms with Crippen molar-refractivity contribution in [1.29, 1.82) is 0 Å². The summed E-state index contributed by atoms with van der Waals surface area (Å²) in [6, 6.07) is 8.00. The van der Waals surface area contributed by atoms with Crippen LogP contribution in [0.2, 0.25) is 0 Å². The molecule has 3 heterocycles. The van der Waals surface area contributed by atoms with E-state index in [1.54, 1.807) is 4.68 Å². The first kappa shape index (κ1) is 16.0. The van der Waals surface area contributed by atoms with Crippen LogP contribution in [0.1, 0.15) is 17.0 Å². The summed E-state index contributed by atoms with van der Waals surface area (Å²) in [4.78, 5) is 19.4. The molecule has 0 amide bonds. The van der Waals surface area contributed by atoms with Gasteiger partial charge in [0.2, 0.25) is 5.16 Å². The second-order valence-corrected chi connectivity index (χ2v) is 7.46. The monoisotopic (exact) mass is 370 g/mol. The van der Waals surface area contributed by atoms with Gasteiger partial charge in [0.25, 0.3) is 5.56 Å². The van der Waals surface area contributed by atoms with Gasteiger partial charge in [-0.2, -0.15) is 4.68 Å². The van der Waals surface area contributed by atoms with Crippen LogP contribution in [-0.2, 0) is 5.75 Å². The number of aryl methyl sites for hydroxylation is 2. The minimum Gasteiger partial charge on any atom is -0.309 e. The quantitative estimate of drug-likeness (QED) is 0.556. The summed E-state index contributed by atoms with van der Waals surface area (Å²) in [7, 11) is 0. The van der Waals surface area contributed by atoms with Crippen molar-refractivity contribution in [3.63, 3.8) is 0 Å². The van der Waals surface area contributed by atoms with Gasteiger partial charge in [-0.05, 0) is 52.9 Å². The lowest BCUT2D eigenvalue weighted by molar-refractivity contribution is 0.751. The zero-order valence-electron chi connectivity index (χ0n) is 13.6. The van der Waals surface area contributed by atoms with Crippen LogP contribution < -0.4 is 5.56 Å². The predicted octanol–water partition coefficient (Wildman–Crippen LogP) is 2.87. The molecule has 0 fully saturated rings. The van der Waals surface area contributed by atoms with E-state index in [0.29, 0.717) is 21.4 Å². The average molecular weight is 370 g/mol. The van der Waals surface area contributed by atoms with Gasteiger partial charge in [-0.1, -0.05) is 23.9 Å². The second kappa shape index (κ2) is 6.41. The highest BCUT2D eigenvalue weighted by atomic mass is 32.2. The molecule has 126 valence electrons. The lowest BCUT2D eigenvalue weighted by Crippen LogP contribution is -2.09. The van der Waals surface area contributed by atoms with Crippen LogP contribution in [0, 0.1) is 13.8 Å². The third kappa shape index (κ3) is 3.08. The fourth-order valence-electron chi connectivity index (χ4n) is 2.49. The summed E-state index contributed by atoms with van der Waals surface area (Å²) in [5, 5.41) is 14.5. The van der Waals surface area contributed by atoms with Gasteiger partial charge in [-0.15, -0.1) is 16.4 Å². The van der Waals surface area contributed by atoms with Gasteiger partial charge in [-0.3, -0.25) is 4.79 Å². The Bertz CT molecular complexity index is 1110. The van der Waals surface area contributed by atoms with Gasteiger partial charge in [-0.25, -0.2) is 4.98 Å². The van der Waals surface area contributed by atoms with Gasteiger partial charge >= 0.3 is 0 Å². The Labute approximate surface area is 151 Å². The number of thioether (sulfide) groups is 1. The molecule has 0 radical (unpaired) electrons. The fourth-order valence-corrected chi connectivity index (χ4v) is 3.97. The molecular weight excluding hydrogens is 356 g/mol. The first-order valence-corrected chi connectivity index (χ1v) is 9.43. The molecule has 7 nitrogen and oxygen atoms in total. The highest BCUT2D eigenvalue weighted by Crippen LogP contribution is 2.24. The third-order valence-corrected chi connectivity index (χ3v) is 5.57. The van der Waals surface area contributed by atoms with E-state index >= 15 is 0 Å². The predicted molar refractivity (Wildman–Crippen MR) is 98.4 cm³/mol. The zero-order chi connectivity index (χ0) is 17.4. The van der Waals surface area contributed by atoms with Crippen molar-refractivity contribution in [3.05, 3.63) is 57.0 Å². The van der Waals surface area contributed by atoms with E-state index in [4.69, 9.17) is 0 Å². The van der Waals surface area contributed by atoms with Crippen molar-refractivity contribution < 1.29 is 0 Å². The maximum atomic E-state index is 12.1. The van der Waals surface area contributed by atoms with E-state index in [1.165, 1.54) is 23.1 Å². The number of nitrogens with zero attached hydrogens (tertiary/aromatic N) is 5. The molecule has 4 aromatic rings. The van der Waals surface area contributed by atoms with E-state index in [1.807, 2.05) is 37.4 Å². The van der Waals surface area contributed by atoms with E-state index in [2.05, 4.69) is 31.6 Å². The Hall–Kier alpha value is -2.52. The van der Waals surface area contributed by atoms with Crippen LogP contribution in [0.25, 0.3) is 15.9 Å². The minimum atomic E-state index is -0.107. The van der Waals surface area contributed by atoms with Gasteiger partial charge in [0, 0.05) is 0 Å². The largest absolute Gasteiger partial charge is 0.309 e. The lowest BCUT2D eigenvalue weighted by atomic mass is 10.1. The van der Waals surface area contributed by atoms with Gasteiger partial charge < -0.3 is 4.98 Å². The van der Waals surface area contributed by atoms with E-state index in [9.17, 15) is 4.79 Å². The fraction of sp³-hybridized carbons (Fsp3) is 0.188. The molecular formula is C16H14N6OS2. The highest BCUT2D eigenvalue weighted by molar-refractivity contribution is 7.98. The van der Waals surface area contributed by atoms with Crippen molar-refractivity contribution in [3.8, 4) is 5.69 Å². The maximum absolute atomic E-state index is 12.1. The Balaban J connectivity index is 1.62. The summed E-state index contributed by atoms with van der Waals surface area (Å²) in [6.45, 7) is 4.05. The molecule has 0 saturated carbocycles.